The van der Waals surface area contributed by atoms with Crippen molar-refractivity contribution in [2.24, 2.45) is 10.7 Å². The molecule has 0 bridgehead atoms. The third kappa shape index (κ3) is 4.11. The number of guanidine groups is 1. The Balaban J connectivity index is 1.68. The predicted octanol–water partition coefficient (Wildman–Crippen LogP) is 3.78. The standard InChI is InChI=1S/C22H24Cl2N4O3S/c1-13-10-15(8-9-32(13,30)31)28-19(29)11-22(2,27-21(28)25)17-5-3-4-16(20(17)24)18-7-6-14(23)12-26-18/h3-7,12-13,15H,8-11H2,1-2H3,(H2,25,27)/t13-,15+,22+/m1/s1. The number of hydrogen-bond acceptors (Lipinski definition) is 6. The minimum Gasteiger partial charge on any atom is -0.369 e. The smallest absolute Gasteiger partial charge is 0.232 e. The number of carbonyl (C=O) groups excluding carboxylic acids is 1. The van der Waals surface area contributed by atoms with E-state index in [4.69, 9.17) is 28.9 Å². The molecular formula is C22H24Cl2N4O3S. The molecule has 2 aliphatic heterocycles. The maximum absolute atomic E-state index is 13.2. The summed E-state index contributed by atoms with van der Waals surface area (Å²) in [7, 11) is -3.12. The summed E-state index contributed by atoms with van der Waals surface area (Å²) in [6, 6.07) is 8.75. The van der Waals surface area contributed by atoms with Crippen LogP contribution in [0.3, 0.4) is 0 Å². The average molecular weight is 495 g/mol. The number of nitrogens with two attached hydrogens (primary N) is 1. The highest BCUT2D eigenvalue weighted by molar-refractivity contribution is 7.92. The van der Waals surface area contributed by atoms with Crippen LogP contribution < -0.4 is 5.73 Å². The van der Waals surface area contributed by atoms with E-state index >= 15 is 0 Å². The Morgan fingerprint density at radius 3 is 2.59 bits per heavy atom. The number of benzene rings is 1. The summed E-state index contributed by atoms with van der Waals surface area (Å²) < 4.78 is 24.1. The zero-order chi connectivity index (χ0) is 23.3. The van der Waals surface area contributed by atoms with Gasteiger partial charge in [0, 0.05) is 17.8 Å². The fourth-order valence-corrected chi connectivity index (χ4v) is 6.52. The van der Waals surface area contributed by atoms with Crippen molar-refractivity contribution in [1.82, 2.24) is 9.88 Å². The second-order valence-electron chi connectivity index (χ2n) is 8.57. The van der Waals surface area contributed by atoms with Gasteiger partial charge in [0.15, 0.2) is 15.8 Å². The third-order valence-corrected chi connectivity index (χ3v) is 9.13. The first-order chi connectivity index (χ1) is 15.0. The van der Waals surface area contributed by atoms with E-state index in [2.05, 4.69) is 9.98 Å². The summed E-state index contributed by atoms with van der Waals surface area (Å²) in [5, 5.41) is 0.446. The van der Waals surface area contributed by atoms with Crippen molar-refractivity contribution >= 4 is 44.9 Å². The lowest BCUT2D eigenvalue weighted by atomic mass is 9.85. The van der Waals surface area contributed by atoms with Crippen LogP contribution in [0.4, 0.5) is 0 Å². The van der Waals surface area contributed by atoms with Crippen LogP contribution in [0.15, 0.2) is 41.5 Å². The zero-order valence-electron chi connectivity index (χ0n) is 17.8. The number of amides is 1. The van der Waals surface area contributed by atoms with E-state index in [0.29, 0.717) is 39.7 Å². The van der Waals surface area contributed by atoms with Crippen LogP contribution in [0, 0.1) is 0 Å². The number of hydrogen-bond donors (Lipinski definition) is 1. The fraction of sp³-hybridized carbons (Fsp3) is 0.409. The normalized spacial score (nSPS) is 27.8. The molecule has 2 aromatic rings. The molecule has 1 aromatic heterocycles. The fourth-order valence-electron chi connectivity index (χ4n) is 4.46. The lowest BCUT2D eigenvalue weighted by molar-refractivity contribution is -0.131. The molecule has 2 aliphatic rings. The van der Waals surface area contributed by atoms with Gasteiger partial charge in [-0.2, -0.15) is 0 Å². The van der Waals surface area contributed by atoms with Gasteiger partial charge in [0.1, 0.15) is 0 Å². The number of nitrogens with zero attached hydrogens (tertiary/aromatic N) is 3. The van der Waals surface area contributed by atoms with Crippen molar-refractivity contribution in [3.63, 3.8) is 0 Å². The molecule has 170 valence electrons. The summed E-state index contributed by atoms with van der Waals surface area (Å²) in [5.41, 5.74) is 7.35. The highest BCUT2D eigenvalue weighted by atomic mass is 35.5. The first kappa shape index (κ1) is 23.0. The molecule has 2 N–H and O–H groups in total. The van der Waals surface area contributed by atoms with E-state index in [-0.39, 0.29) is 30.1 Å². The molecule has 3 atom stereocenters. The van der Waals surface area contributed by atoms with Gasteiger partial charge in [-0.05, 0) is 44.4 Å². The molecule has 7 nitrogen and oxygen atoms in total. The van der Waals surface area contributed by atoms with Crippen molar-refractivity contribution in [2.45, 2.75) is 49.9 Å². The van der Waals surface area contributed by atoms with Gasteiger partial charge in [0.05, 0.1) is 38.7 Å². The Morgan fingerprint density at radius 2 is 1.97 bits per heavy atom. The van der Waals surface area contributed by atoms with Crippen LogP contribution in [0.2, 0.25) is 10.0 Å². The molecule has 0 saturated carbocycles. The topological polar surface area (TPSA) is 106 Å². The van der Waals surface area contributed by atoms with Crippen LogP contribution in [0.1, 0.15) is 38.7 Å². The summed E-state index contributed by atoms with van der Waals surface area (Å²) in [5.74, 6) is -0.0660. The Bertz CT molecular complexity index is 1200. The molecule has 1 saturated heterocycles. The first-order valence-electron chi connectivity index (χ1n) is 10.3. The SMILES string of the molecule is C[C@@H]1C[C@@H](N2C(=O)C[C@@](C)(c3cccc(-c4ccc(Cl)cn4)c3Cl)N=C2N)CCS1(=O)=O. The second kappa shape index (κ2) is 8.32. The molecule has 0 spiro atoms. The van der Waals surface area contributed by atoms with Gasteiger partial charge in [-0.15, -0.1) is 0 Å². The average Bonchev–Trinajstić information content (AvgIpc) is 2.71. The number of aromatic nitrogens is 1. The van der Waals surface area contributed by atoms with E-state index in [1.165, 1.54) is 4.90 Å². The van der Waals surface area contributed by atoms with E-state index in [1.54, 1.807) is 25.3 Å². The molecule has 1 aromatic carbocycles. The van der Waals surface area contributed by atoms with Crippen LogP contribution in [-0.4, -0.2) is 47.2 Å². The largest absolute Gasteiger partial charge is 0.369 e. The third-order valence-electron chi connectivity index (χ3n) is 6.27. The Morgan fingerprint density at radius 1 is 1.22 bits per heavy atom. The van der Waals surface area contributed by atoms with Crippen LogP contribution in [-0.2, 0) is 20.2 Å². The Hall–Kier alpha value is -2.16. The predicted molar refractivity (Wildman–Crippen MR) is 126 cm³/mol. The van der Waals surface area contributed by atoms with Crippen molar-refractivity contribution < 1.29 is 13.2 Å². The minimum absolute atomic E-state index is 0.0368. The number of carbonyl (C=O) groups is 1. The van der Waals surface area contributed by atoms with Gasteiger partial charge in [0.2, 0.25) is 5.91 Å². The van der Waals surface area contributed by atoms with Crippen molar-refractivity contribution in [1.29, 1.82) is 0 Å². The number of halogens is 2. The minimum atomic E-state index is -3.12. The molecule has 4 rings (SSSR count). The van der Waals surface area contributed by atoms with Gasteiger partial charge < -0.3 is 5.73 Å². The Kier molecular flexibility index (Phi) is 5.98. The van der Waals surface area contributed by atoms with Gasteiger partial charge >= 0.3 is 0 Å². The molecule has 0 unspecified atom stereocenters. The van der Waals surface area contributed by atoms with Crippen molar-refractivity contribution in [3.05, 3.63) is 52.1 Å². The maximum Gasteiger partial charge on any atom is 0.232 e. The summed E-state index contributed by atoms with van der Waals surface area (Å²) >= 11 is 12.7. The van der Waals surface area contributed by atoms with Crippen molar-refractivity contribution in [2.75, 3.05) is 5.75 Å². The summed E-state index contributed by atoms with van der Waals surface area (Å²) in [4.78, 5) is 23.7. The number of pyridine rings is 1. The summed E-state index contributed by atoms with van der Waals surface area (Å²) in [6.07, 6.45) is 2.32. The molecule has 10 heteroatoms. The molecule has 32 heavy (non-hydrogen) atoms. The highest BCUT2D eigenvalue weighted by Crippen LogP contribution is 2.42. The van der Waals surface area contributed by atoms with Crippen molar-refractivity contribution in [3.8, 4) is 11.3 Å². The van der Waals surface area contributed by atoms with E-state index in [0.717, 1.165) is 0 Å². The van der Waals surface area contributed by atoms with Gasteiger partial charge in [-0.3, -0.25) is 14.7 Å². The zero-order valence-corrected chi connectivity index (χ0v) is 20.1. The lowest BCUT2D eigenvalue weighted by Gasteiger charge is -2.41. The van der Waals surface area contributed by atoms with Crippen LogP contribution >= 0.6 is 23.2 Å². The molecule has 0 radical (unpaired) electrons. The first-order valence-corrected chi connectivity index (χ1v) is 12.8. The number of aliphatic imine (C=N–C) groups is 1. The second-order valence-corrected chi connectivity index (χ2v) is 11.9. The molecule has 1 amide bonds. The highest BCUT2D eigenvalue weighted by Gasteiger charge is 2.44. The number of rotatable bonds is 3. The summed E-state index contributed by atoms with van der Waals surface area (Å²) in [6.45, 7) is 3.49. The van der Waals surface area contributed by atoms with E-state index < -0.39 is 20.6 Å². The van der Waals surface area contributed by atoms with Gasteiger partial charge in [-0.1, -0.05) is 41.4 Å². The molecule has 0 aliphatic carbocycles. The molecule has 3 heterocycles. The van der Waals surface area contributed by atoms with Crippen LogP contribution in [0.5, 0.6) is 0 Å². The lowest BCUT2D eigenvalue weighted by Crippen LogP contribution is -2.56. The van der Waals surface area contributed by atoms with Gasteiger partial charge in [-0.25, -0.2) is 13.4 Å². The van der Waals surface area contributed by atoms with E-state index in [1.807, 2.05) is 25.1 Å². The van der Waals surface area contributed by atoms with Gasteiger partial charge in [0.25, 0.3) is 0 Å². The Labute approximate surface area is 197 Å². The van der Waals surface area contributed by atoms with E-state index in [9.17, 15) is 13.2 Å². The quantitative estimate of drug-likeness (QED) is 0.698. The number of sulfone groups is 1. The van der Waals surface area contributed by atoms with Crippen LogP contribution in [0.25, 0.3) is 11.3 Å². The molecular weight excluding hydrogens is 471 g/mol. The maximum atomic E-state index is 13.2. The monoisotopic (exact) mass is 494 g/mol. The molecule has 1 fully saturated rings.